The Hall–Kier alpha value is -1.94. The highest BCUT2D eigenvalue weighted by Gasteiger charge is 2.23. The summed E-state index contributed by atoms with van der Waals surface area (Å²) in [6.07, 6.45) is 2.11. The fourth-order valence-corrected chi connectivity index (χ4v) is 4.17. The lowest BCUT2D eigenvalue weighted by atomic mass is 9.89. The van der Waals surface area contributed by atoms with Crippen LogP contribution in [0.3, 0.4) is 0 Å². The summed E-state index contributed by atoms with van der Waals surface area (Å²) in [6.45, 7) is 3.76. The number of piperidine rings is 1. The molecular formula is C20H24N2OS. The van der Waals surface area contributed by atoms with Gasteiger partial charge in [-0.1, -0.05) is 30.3 Å². The van der Waals surface area contributed by atoms with Crippen molar-refractivity contribution in [3.05, 3.63) is 59.7 Å². The standard InChI is InChI=1S/C20H24N2OS/c1-15-13-18(21)7-8-19(15)24-14-20(23)22-11-9-17(10-12-22)16-5-3-2-4-6-16/h2-8,13,17H,9-12,14,21H2,1H3. The molecule has 3 rings (SSSR count). The van der Waals surface area contributed by atoms with Crippen LogP contribution in [0.2, 0.25) is 0 Å². The Morgan fingerprint density at radius 3 is 2.54 bits per heavy atom. The van der Waals surface area contributed by atoms with E-state index in [4.69, 9.17) is 5.73 Å². The number of nitrogens with zero attached hydrogens (tertiary/aromatic N) is 1. The summed E-state index contributed by atoms with van der Waals surface area (Å²) in [5.74, 6) is 1.32. The number of aryl methyl sites for hydroxylation is 1. The normalized spacial score (nSPS) is 15.5. The Morgan fingerprint density at radius 1 is 1.17 bits per heavy atom. The molecule has 126 valence electrons. The molecule has 1 fully saturated rings. The van der Waals surface area contributed by atoms with Crippen LogP contribution >= 0.6 is 11.8 Å². The van der Waals surface area contributed by atoms with E-state index in [0.29, 0.717) is 11.7 Å². The van der Waals surface area contributed by atoms with Gasteiger partial charge in [-0.15, -0.1) is 11.8 Å². The molecule has 2 aromatic rings. The second kappa shape index (κ2) is 7.75. The maximum atomic E-state index is 12.5. The van der Waals surface area contributed by atoms with Gasteiger partial charge in [-0.25, -0.2) is 0 Å². The molecule has 0 aromatic heterocycles. The number of likely N-dealkylation sites (tertiary alicyclic amines) is 1. The maximum Gasteiger partial charge on any atom is 0.232 e. The van der Waals surface area contributed by atoms with Gasteiger partial charge in [0.25, 0.3) is 0 Å². The molecule has 0 bridgehead atoms. The molecule has 0 radical (unpaired) electrons. The van der Waals surface area contributed by atoms with Crippen LogP contribution in [0.25, 0.3) is 0 Å². The quantitative estimate of drug-likeness (QED) is 0.674. The Bertz CT molecular complexity index is 694. The molecule has 3 nitrogen and oxygen atoms in total. The first kappa shape index (κ1) is 16.9. The van der Waals surface area contributed by atoms with Crippen molar-refractivity contribution >= 4 is 23.4 Å². The summed E-state index contributed by atoms with van der Waals surface area (Å²) in [5.41, 5.74) is 9.08. The van der Waals surface area contributed by atoms with Crippen LogP contribution in [-0.4, -0.2) is 29.6 Å². The third-order valence-corrected chi connectivity index (χ3v) is 5.83. The molecule has 1 saturated heterocycles. The van der Waals surface area contributed by atoms with Crippen molar-refractivity contribution in [1.29, 1.82) is 0 Å². The van der Waals surface area contributed by atoms with Crippen LogP contribution in [0.5, 0.6) is 0 Å². The van der Waals surface area contributed by atoms with Gasteiger partial charge < -0.3 is 10.6 Å². The maximum absolute atomic E-state index is 12.5. The Morgan fingerprint density at radius 2 is 1.88 bits per heavy atom. The van der Waals surface area contributed by atoms with E-state index in [9.17, 15) is 4.79 Å². The number of nitrogens with two attached hydrogens (primary N) is 1. The minimum Gasteiger partial charge on any atom is -0.399 e. The summed E-state index contributed by atoms with van der Waals surface area (Å²) < 4.78 is 0. The van der Waals surface area contributed by atoms with Gasteiger partial charge in [0, 0.05) is 23.7 Å². The number of thioether (sulfide) groups is 1. The highest BCUT2D eigenvalue weighted by Crippen LogP contribution is 2.29. The first-order chi connectivity index (χ1) is 11.6. The minimum atomic E-state index is 0.239. The lowest BCUT2D eigenvalue weighted by Crippen LogP contribution is -2.38. The zero-order chi connectivity index (χ0) is 16.9. The largest absolute Gasteiger partial charge is 0.399 e. The van der Waals surface area contributed by atoms with Crippen LogP contribution < -0.4 is 5.73 Å². The lowest BCUT2D eigenvalue weighted by molar-refractivity contribution is -0.129. The van der Waals surface area contributed by atoms with Crippen LogP contribution in [0, 0.1) is 6.92 Å². The van der Waals surface area contributed by atoms with Crippen molar-refractivity contribution in [3.63, 3.8) is 0 Å². The monoisotopic (exact) mass is 340 g/mol. The van der Waals surface area contributed by atoms with Crippen molar-refractivity contribution in [2.75, 3.05) is 24.6 Å². The molecule has 1 amide bonds. The zero-order valence-electron chi connectivity index (χ0n) is 14.1. The van der Waals surface area contributed by atoms with E-state index >= 15 is 0 Å². The fourth-order valence-electron chi connectivity index (χ4n) is 3.25. The third-order valence-electron chi connectivity index (χ3n) is 4.67. The fraction of sp³-hybridized carbons (Fsp3) is 0.350. The highest BCUT2D eigenvalue weighted by molar-refractivity contribution is 8.00. The van der Waals surface area contributed by atoms with E-state index in [2.05, 4.69) is 30.3 Å². The van der Waals surface area contributed by atoms with Gasteiger partial charge in [0.1, 0.15) is 0 Å². The minimum absolute atomic E-state index is 0.239. The predicted molar refractivity (Wildman–Crippen MR) is 101 cm³/mol. The molecule has 0 saturated carbocycles. The lowest BCUT2D eigenvalue weighted by Gasteiger charge is -2.32. The molecule has 4 heteroatoms. The molecule has 1 heterocycles. The summed E-state index contributed by atoms with van der Waals surface area (Å²) in [6, 6.07) is 16.5. The SMILES string of the molecule is Cc1cc(N)ccc1SCC(=O)N1CCC(c2ccccc2)CC1. The molecular weight excluding hydrogens is 316 g/mol. The predicted octanol–water partition coefficient (Wildman–Crippen LogP) is 4.08. The molecule has 2 aromatic carbocycles. The third kappa shape index (κ3) is 4.12. The zero-order valence-corrected chi connectivity index (χ0v) is 14.9. The molecule has 0 spiro atoms. The Kier molecular flexibility index (Phi) is 5.46. The Labute approximate surface area is 148 Å². The first-order valence-corrected chi connectivity index (χ1v) is 9.43. The van der Waals surface area contributed by atoms with Gasteiger partial charge >= 0.3 is 0 Å². The second-order valence-electron chi connectivity index (χ2n) is 6.38. The topological polar surface area (TPSA) is 46.3 Å². The number of hydrogen-bond donors (Lipinski definition) is 1. The molecule has 1 aliphatic heterocycles. The van der Waals surface area contributed by atoms with Crippen molar-refractivity contribution in [1.82, 2.24) is 4.90 Å². The van der Waals surface area contributed by atoms with E-state index in [1.807, 2.05) is 30.0 Å². The van der Waals surface area contributed by atoms with Crippen molar-refractivity contribution < 1.29 is 4.79 Å². The average molecular weight is 340 g/mol. The molecule has 0 aliphatic carbocycles. The van der Waals surface area contributed by atoms with Gasteiger partial charge in [-0.3, -0.25) is 4.79 Å². The van der Waals surface area contributed by atoms with E-state index in [1.165, 1.54) is 5.56 Å². The summed E-state index contributed by atoms with van der Waals surface area (Å²) in [5, 5.41) is 0. The molecule has 2 N–H and O–H groups in total. The highest BCUT2D eigenvalue weighted by atomic mass is 32.2. The molecule has 0 atom stereocenters. The smallest absolute Gasteiger partial charge is 0.232 e. The van der Waals surface area contributed by atoms with Gasteiger partial charge in [0.05, 0.1) is 5.75 Å². The molecule has 24 heavy (non-hydrogen) atoms. The van der Waals surface area contributed by atoms with Gasteiger partial charge in [-0.05, 0) is 55.0 Å². The van der Waals surface area contributed by atoms with Crippen molar-refractivity contribution in [2.45, 2.75) is 30.6 Å². The number of nitrogen functional groups attached to an aromatic ring is 1. The van der Waals surface area contributed by atoms with Crippen molar-refractivity contribution in [2.24, 2.45) is 0 Å². The Balaban J connectivity index is 1.50. The number of carbonyl (C=O) groups is 1. The van der Waals surface area contributed by atoms with Crippen LogP contribution in [0.4, 0.5) is 5.69 Å². The molecule has 0 unspecified atom stereocenters. The van der Waals surface area contributed by atoms with E-state index in [0.717, 1.165) is 42.1 Å². The number of anilines is 1. The van der Waals surface area contributed by atoms with Gasteiger partial charge in [0.15, 0.2) is 0 Å². The van der Waals surface area contributed by atoms with Crippen LogP contribution in [0.15, 0.2) is 53.4 Å². The number of benzene rings is 2. The van der Waals surface area contributed by atoms with Crippen molar-refractivity contribution in [3.8, 4) is 0 Å². The van der Waals surface area contributed by atoms with Gasteiger partial charge in [-0.2, -0.15) is 0 Å². The van der Waals surface area contributed by atoms with Crippen LogP contribution in [0.1, 0.15) is 29.9 Å². The number of carbonyl (C=O) groups excluding carboxylic acids is 1. The average Bonchev–Trinajstić information content (AvgIpc) is 2.62. The molecule has 1 aliphatic rings. The summed E-state index contributed by atoms with van der Waals surface area (Å²) in [4.78, 5) is 15.6. The van der Waals surface area contributed by atoms with E-state index < -0.39 is 0 Å². The van der Waals surface area contributed by atoms with Gasteiger partial charge in [0.2, 0.25) is 5.91 Å². The van der Waals surface area contributed by atoms with E-state index in [-0.39, 0.29) is 5.91 Å². The number of amides is 1. The number of hydrogen-bond acceptors (Lipinski definition) is 3. The number of rotatable bonds is 4. The summed E-state index contributed by atoms with van der Waals surface area (Å²) in [7, 11) is 0. The van der Waals surface area contributed by atoms with Crippen LogP contribution in [-0.2, 0) is 4.79 Å². The van der Waals surface area contributed by atoms with E-state index in [1.54, 1.807) is 11.8 Å². The summed E-state index contributed by atoms with van der Waals surface area (Å²) >= 11 is 1.61. The first-order valence-electron chi connectivity index (χ1n) is 8.45. The second-order valence-corrected chi connectivity index (χ2v) is 7.40.